The van der Waals surface area contributed by atoms with Crippen molar-refractivity contribution < 1.29 is 15.0 Å². The van der Waals surface area contributed by atoms with Gasteiger partial charge in [-0.15, -0.1) is 0 Å². The molecule has 122 valence electrons. The predicted molar refractivity (Wildman–Crippen MR) is 91.7 cm³/mol. The lowest BCUT2D eigenvalue weighted by Crippen LogP contribution is -2.36. The Hall–Kier alpha value is -2.08. The summed E-state index contributed by atoms with van der Waals surface area (Å²) in [6.07, 6.45) is -0.966. The quantitative estimate of drug-likeness (QED) is 0.678. The van der Waals surface area contributed by atoms with Crippen LogP contribution in [0.5, 0.6) is 0 Å². The fourth-order valence-corrected chi connectivity index (χ4v) is 2.28. The molecule has 0 aliphatic rings. The molecular formula is C17H19ClN2O3. The van der Waals surface area contributed by atoms with Gasteiger partial charge >= 0.3 is 6.03 Å². The molecule has 4 N–H and O–H groups in total. The fraction of sp³-hybridized carbons (Fsp3) is 0.235. The van der Waals surface area contributed by atoms with Crippen LogP contribution in [-0.4, -0.2) is 35.5 Å². The van der Waals surface area contributed by atoms with E-state index in [4.69, 9.17) is 16.7 Å². The molecule has 0 aliphatic heterocycles. The molecule has 23 heavy (non-hydrogen) atoms. The highest BCUT2D eigenvalue weighted by Gasteiger charge is 2.08. The number of halogens is 1. The highest BCUT2D eigenvalue weighted by Crippen LogP contribution is 2.26. The third kappa shape index (κ3) is 4.96. The Kier molecular flexibility index (Phi) is 5.98. The van der Waals surface area contributed by atoms with E-state index in [9.17, 15) is 9.90 Å². The molecule has 0 fully saturated rings. The monoisotopic (exact) mass is 334 g/mol. The molecule has 0 bridgehead atoms. The van der Waals surface area contributed by atoms with E-state index in [1.165, 1.54) is 0 Å². The van der Waals surface area contributed by atoms with Gasteiger partial charge in [0.15, 0.2) is 0 Å². The average Bonchev–Trinajstić information content (AvgIpc) is 2.54. The first-order chi connectivity index (χ1) is 11.0. The zero-order valence-electron chi connectivity index (χ0n) is 12.7. The summed E-state index contributed by atoms with van der Waals surface area (Å²) < 4.78 is 0. The van der Waals surface area contributed by atoms with Crippen molar-refractivity contribution in [3.8, 4) is 11.1 Å². The molecule has 0 unspecified atom stereocenters. The van der Waals surface area contributed by atoms with Crippen molar-refractivity contribution in [1.82, 2.24) is 5.32 Å². The molecule has 2 aromatic carbocycles. The van der Waals surface area contributed by atoms with Crippen LogP contribution >= 0.6 is 11.6 Å². The largest absolute Gasteiger partial charge is 0.394 e. The summed E-state index contributed by atoms with van der Waals surface area (Å²) in [6, 6.07) is 12.8. The van der Waals surface area contributed by atoms with E-state index in [0.717, 1.165) is 16.7 Å². The molecule has 0 radical (unpaired) electrons. The number of aliphatic hydroxyl groups is 2. The maximum atomic E-state index is 11.8. The third-order valence-corrected chi connectivity index (χ3v) is 3.58. The first-order valence-electron chi connectivity index (χ1n) is 7.20. The van der Waals surface area contributed by atoms with E-state index in [1.807, 2.05) is 49.4 Å². The number of aliphatic hydroxyl groups excluding tert-OH is 2. The maximum absolute atomic E-state index is 11.8. The molecule has 0 saturated heterocycles. The second-order valence-electron chi connectivity index (χ2n) is 5.21. The fourth-order valence-electron chi connectivity index (χ4n) is 2.09. The van der Waals surface area contributed by atoms with Gasteiger partial charge in [0.05, 0.1) is 12.7 Å². The number of aryl methyl sites for hydroxylation is 1. The molecular weight excluding hydrogens is 316 g/mol. The third-order valence-electron chi connectivity index (χ3n) is 3.34. The number of carbonyl (C=O) groups is 1. The number of hydrogen-bond acceptors (Lipinski definition) is 3. The van der Waals surface area contributed by atoms with E-state index in [0.29, 0.717) is 10.7 Å². The summed E-state index contributed by atoms with van der Waals surface area (Å²) >= 11 is 6.00. The van der Waals surface area contributed by atoms with Gasteiger partial charge in [0.1, 0.15) is 0 Å². The molecule has 0 aliphatic carbocycles. The van der Waals surface area contributed by atoms with Crippen molar-refractivity contribution in [1.29, 1.82) is 0 Å². The van der Waals surface area contributed by atoms with Crippen molar-refractivity contribution in [2.75, 3.05) is 18.5 Å². The number of amides is 2. The molecule has 1 atom stereocenters. The van der Waals surface area contributed by atoms with Crippen molar-refractivity contribution in [3.63, 3.8) is 0 Å². The van der Waals surface area contributed by atoms with Gasteiger partial charge in [-0.2, -0.15) is 0 Å². The van der Waals surface area contributed by atoms with Gasteiger partial charge in [0.2, 0.25) is 0 Å². The smallest absolute Gasteiger partial charge is 0.319 e. The Bertz CT molecular complexity index is 691. The van der Waals surface area contributed by atoms with Crippen LogP contribution in [0.1, 0.15) is 5.56 Å². The summed E-state index contributed by atoms with van der Waals surface area (Å²) in [7, 11) is 0. The van der Waals surface area contributed by atoms with Crippen molar-refractivity contribution in [3.05, 3.63) is 53.1 Å². The summed E-state index contributed by atoms with van der Waals surface area (Å²) in [4.78, 5) is 11.8. The first-order valence-corrected chi connectivity index (χ1v) is 7.57. The number of hydrogen-bond donors (Lipinski definition) is 4. The number of urea groups is 1. The minimum Gasteiger partial charge on any atom is -0.394 e. The van der Waals surface area contributed by atoms with E-state index in [2.05, 4.69) is 10.6 Å². The van der Waals surface area contributed by atoms with E-state index >= 15 is 0 Å². The van der Waals surface area contributed by atoms with Gasteiger partial charge < -0.3 is 20.8 Å². The number of carbonyl (C=O) groups excluding carboxylic acids is 1. The number of benzene rings is 2. The molecule has 0 aromatic heterocycles. The van der Waals surface area contributed by atoms with Gasteiger partial charge in [0.25, 0.3) is 0 Å². The summed E-state index contributed by atoms with van der Waals surface area (Å²) in [6.45, 7) is 1.49. The van der Waals surface area contributed by atoms with E-state index < -0.39 is 18.7 Å². The Morgan fingerprint density at radius 2 is 1.96 bits per heavy atom. The molecule has 0 heterocycles. The molecule has 2 rings (SSSR count). The van der Waals surface area contributed by atoms with Gasteiger partial charge in [-0.1, -0.05) is 29.8 Å². The topological polar surface area (TPSA) is 81.6 Å². The minimum atomic E-state index is -0.966. The summed E-state index contributed by atoms with van der Waals surface area (Å²) in [5.74, 6) is 0. The first kappa shape index (κ1) is 17.3. The van der Waals surface area contributed by atoms with E-state index in [1.54, 1.807) is 0 Å². The van der Waals surface area contributed by atoms with Crippen LogP contribution in [-0.2, 0) is 0 Å². The number of anilines is 1. The average molecular weight is 335 g/mol. The van der Waals surface area contributed by atoms with Gasteiger partial charge in [-0.25, -0.2) is 4.79 Å². The van der Waals surface area contributed by atoms with Crippen molar-refractivity contribution in [2.24, 2.45) is 0 Å². The molecule has 2 aromatic rings. The standard InChI is InChI=1S/C17H19ClN2O3/c1-11-7-13(12-3-2-4-14(18)8-12)5-6-16(11)20-17(23)19-9-15(22)10-21/h2-8,15,21-22H,9-10H2,1H3,(H2,19,20,23)/t15-/m1/s1. The second-order valence-corrected chi connectivity index (χ2v) is 5.65. The SMILES string of the molecule is Cc1cc(-c2cccc(Cl)c2)ccc1NC(=O)NC[C@@H](O)CO. The lowest BCUT2D eigenvalue weighted by atomic mass is 10.0. The second kappa shape index (κ2) is 7.97. The maximum Gasteiger partial charge on any atom is 0.319 e. The van der Waals surface area contributed by atoms with Crippen LogP contribution in [0.15, 0.2) is 42.5 Å². The summed E-state index contributed by atoms with van der Waals surface area (Å²) in [5.41, 5.74) is 3.58. The highest BCUT2D eigenvalue weighted by molar-refractivity contribution is 6.30. The molecule has 6 heteroatoms. The summed E-state index contributed by atoms with van der Waals surface area (Å²) in [5, 5.41) is 23.8. The molecule has 2 amide bonds. The lowest BCUT2D eigenvalue weighted by molar-refractivity contribution is 0.0965. The van der Waals surface area contributed by atoms with Crippen LogP contribution in [0, 0.1) is 6.92 Å². The molecule has 5 nitrogen and oxygen atoms in total. The zero-order chi connectivity index (χ0) is 16.8. The van der Waals surface area contributed by atoms with Crippen LogP contribution in [0.4, 0.5) is 10.5 Å². The molecule has 0 saturated carbocycles. The Labute approximate surface area is 139 Å². The van der Waals surface area contributed by atoms with Crippen molar-refractivity contribution >= 4 is 23.3 Å². The minimum absolute atomic E-state index is 0.0119. The zero-order valence-corrected chi connectivity index (χ0v) is 13.5. The van der Waals surface area contributed by atoms with Crippen LogP contribution in [0.2, 0.25) is 5.02 Å². The van der Waals surface area contributed by atoms with E-state index in [-0.39, 0.29) is 6.54 Å². The Balaban J connectivity index is 2.06. The number of rotatable bonds is 5. The molecule has 0 spiro atoms. The normalized spacial score (nSPS) is 11.8. The van der Waals surface area contributed by atoms with Crippen LogP contribution < -0.4 is 10.6 Å². The Morgan fingerprint density at radius 1 is 1.22 bits per heavy atom. The van der Waals surface area contributed by atoms with Crippen molar-refractivity contribution in [2.45, 2.75) is 13.0 Å². The highest BCUT2D eigenvalue weighted by atomic mass is 35.5. The lowest BCUT2D eigenvalue weighted by Gasteiger charge is -2.13. The Morgan fingerprint density at radius 3 is 2.61 bits per heavy atom. The van der Waals surface area contributed by atoms with Gasteiger partial charge in [0, 0.05) is 17.3 Å². The predicted octanol–water partition coefficient (Wildman–Crippen LogP) is 2.79. The van der Waals surface area contributed by atoms with Crippen LogP contribution in [0.3, 0.4) is 0 Å². The van der Waals surface area contributed by atoms with Gasteiger partial charge in [-0.3, -0.25) is 0 Å². The number of nitrogens with one attached hydrogen (secondary N) is 2. The van der Waals surface area contributed by atoms with Crippen LogP contribution in [0.25, 0.3) is 11.1 Å². The van der Waals surface area contributed by atoms with Gasteiger partial charge in [-0.05, 0) is 47.9 Å².